The van der Waals surface area contributed by atoms with Gasteiger partial charge in [-0.3, -0.25) is 0 Å². The summed E-state index contributed by atoms with van der Waals surface area (Å²) >= 11 is 0. The lowest BCUT2D eigenvalue weighted by atomic mass is 9.92. The highest BCUT2D eigenvalue weighted by molar-refractivity contribution is 6.13. The van der Waals surface area contributed by atoms with E-state index in [2.05, 4.69) is 181 Å². The van der Waals surface area contributed by atoms with Gasteiger partial charge in [-0.2, -0.15) is 0 Å². The van der Waals surface area contributed by atoms with E-state index in [-0.39, 0.29) is 0 Å². The maximum atomic E-state index is 5.27. The van der Waals surface area contributed by atoms with E-state index in [0.717, 1.165) is 61.4 Å². The number of aromatic amines is 1. The van der Waals surface area contributed by atoms with Crippen molar-refractivity contribution in [1.82, 2.24) is 15.0 Å². The van der Waals surface area contributed by atoms with Crippen LogP contribution in [0.2, 0.25) is 0 Å². The Bertz CT molecular complexity index is 2920. The van der Waals surface area contributed by atoms with E-state index < -0.39 is 0 Å². The number of nitrogens with zero attached hydrogens (tertiary/aromatic N) is 2. The number of rotatable bonds is 6. The molecule has 246 valence electrons. The first-order valence-electron chi connectivity index (χ1n) is 17.8. The van der Waals surface area contributed by atoms with Gasteiger partial charge in [0.05, 0.1) is 17.1 Å². The van der Waals surface area contributed by atoms with Gasteiger partial charge >= 0.3 is 0 Å². The third kappa shape index (κ3) is 5.60. The summed E-state index contributed by atoms with van der Waals surface area (Å²) in [5.41, 5.74) is 11.2. The van der Waals surface area contributed by atoms with Crippen LogP contribution in [0.4, 0.5) is 0 Å². The van der Waals surface area contributed by atoms with E-state index in [1.54, 1.807) is 0 Å². The SMILES string of the molecule is c1c(-c2ccc(-c3cc(-c4cccc5ccccc45)nc(-c4cccc(-c5cc6ccccc6c6ccccc56)c4)n3)cc2)ccc(-c2ccc[nH]2)c#1. The lowest BCUT2D eigenvalue weighted by Crippen LogP contribution is -1.97. The van der Waals surface area contributed by atoms with E-state index >= 15 is 0 Å². The van der Waals surface area contributed by atoms with Crippen LogP contribution in [0.15, 0.2) is 182 Å². The summed E-state index contributed by atoms with van der Waals surface area (Å²) in [4.78, 5) is 13.8. The van der Waals surface area contributed by atoms with Crippen molar-refractivity contribution in [2.45, 2.75) is 0 Å². The Morgan fingerprint density at radius 2 is 1.04 bits per heavy atom. The van der Waals surface area contributed by atoms with Gasteiger partial charge in [-0.25, -0.2) is 9.97 Å². The predicted octanol–water partition coefficient (Wildman–Crippen LogP) is 12.9. The zero-order valence-corrected chi connectivity index (χ0v) is 28.7. The van der Waals surface area contributed by atoms with Gasteiger partial charge in [0.25, 0.3) is 0 Å². The molecule has 2 aromatic heterocycles. The molecule has 8 aromatic carbocycles. The monoisotopic (exact) mass is 673 g/mol. The summed E-state index contributed by atoms with van der Waals surface area (Å²) in [6, 6.07) is 68.6. The van der Waals surface area contributed by atoms with Crippen LogP contribution < -0.4 is 0 Å². The first kappa shape index (κ1) is 30.5. The number of nitrogens with one attached hydrogen (secondary N) is 1. The average molecular weight is 674 g/mol. The first-order valence-corrected chi connectivity index (χ1v) is 17.8. The van der Waals surface area contributed by atoms with Gasteiger partial charge in [0.15, 0.2) is 5.82 Å². The summed E-state index contributed by atoms with van der Waals surface area (Å²) in [5.74, 6) is 0.685. The molecule has 0 saturated heterocycles. The van der Waals surface area contributed by atoms with Crippen molar-refractivity contribution in [1.29, 1.82) is 0 Å². The third-order valence-corrected chi connectivity index (χ3v) is 10.1. The minimum atomic E-state index is 0.685. The minimum Gasteiger partial charge on any atom is -0.361 e. The molecular weight excluding hydrogens is 643 g/mol. The van der Waals surface area contributed by atoms with Gasteiger partial charge in [0.1, 0.15) is 0 Å². The van der Waals surface area contributed by atoms with E-state index in [9.17, 15) is 0 Å². The lowest BCUT2D eigenvalue weighted by molar-refractivity contribution is 1.19. The molecule has 0 bridgehead atoms. The van der Waals surface area contributed by atoms with Crippen LogP contribution in [0.25, 0.3) is 99.7 Å². The normalized spacial score (nSPS) is 11.2. The fourth-order valence-corrected chi connectivity index (χ4v) is 7.46. The standard InChI is InChI=1S/C50H31N3/c1-3-15-41-35(10-1)12-8-19-45(41)49-32-48(37-27-23-34(24-28-37)33-21-25-36(26-22-33)47-20-9-29-51-47)52-50(53-49)40-14-7-13-38(30-40)46-31-39-11-2-4-16-42(39)43-17-5-6-18-44(43)46/h1-21,23-25,27-32,51H. The van der Waals surface area contributed by atoms with Crippen molar-refractivity contribution in [3.05, 3.63) is 194 Å². The van der Waals surface area contributed by atoms with Crippen molar-refractivity contribution < 1.29 is 0 Å². The molecule has 0 amide bonds. The van der Waals surface area contributed by atoms with Crippen LogP contribution in [-0.2, 0) is 0 Å². The maximum Gasteiger partial charge on any atom is 0.160 e. The minimum absolute atomic E-state index is 0.685. The molecule has 0 aliphatic rings. The first-order chi connectivity index (χ1) is 26.2. The predicted molar refractivity (Wildman–Crippen MR) is 219 cm³/mol. The fraction of sp³-hybridized carbons (Fsp3) is 0. The molecule has 53 heavy (non-hydrogen) atoms. The zero-order valence-electron chi connectivity index (χ0n) is 28.7. The van der Waals surface area contributed by atoms with Crippen LogP contribution in [0, 0.1) is 12.1 Å². The van der Waals surface area contributed by atoms with Gasteiger partial charge in [-0.1, -0.05) is 146 Å². The highest BCUT2D eigenvalue weighted by Crippen LogP contribution is 2.37. The number of hydrogen-bond donors (Lipinski definition) is 1. The van der Waals surface area contributed by atoms with Gasteiger partial charge in [0, 0.05) is 34.0 Å². The van der Waals surface area contributed by atoms with E-state index in [1.165, 1.54) is 32.5 Å². The summed E-state index contributed by atoms with van der Waals surface area (Å²) in [6.45, 7) is 0. The second-order valence-electron chi connectivity index (χ2n) is 13.3. The van der Waals surface area contributed by atoms with Crippen LogP contribution in [0.1, 0.15) is 0 Å². The molecule has 1 N–H and O–H groups in total. The average Bonchev–Trinajstić information content (AvgIpc) is 3.79. The fourth-order valence-electron chi connectivity index (χ4n) is 7.46. The van der Waals surface area contributed by atoms with E-state index in [0.29, 0.717) is 5.82 Å². The third-order valence-electron chi connectivity index (χ3n) is 10.1. The van der Waals surface area contributed by atoms with Gasteiger partial charge < -0.3 is 4.98 Å². The summed E-state index contributed by atoms with van der Waals surface area (Å²) in [7, 11) is 0. The topological polar surface area (TPSA) is 41.6 Å². The van der Waals surface area contributed by atoms with Gasteiger partial charge in [-0.15, -0.1) is 0 Å². The Morgan fingerprint density at radius 3 is 1.85 bits per heavy atom. The molecule has 2 heterocycles. The Labute approximate surface area is 307 Å². The summed E-state index contributed by atoms with van der Waals surface area (Å²) in [5, 5.41) is 7.29. The quantitative estimate of drug-likeness (QED) is 0.179. The van der Waals surface area contributed by atoms with Crippen molar-refractivity contribution in [2.24, 2.45) is 0 Å². The summed E-state index contributed by atoms with van der Waals surface area (Å²) in [6.07, 6.45) is 1.92. The number of hydrogen-bond acceptors (Lipinski definition) is 2. The number of benzene rings is 7. The van der Waals surface area contributed by atoms with Crippen molar-refractivity contribution >= 4 is 32.3 Å². The van der Waals surface area contributed by atoms with Crippen molar-refractivity contribution in [3.8, 4) is 67.4 Å². The van der Waals surface area contributed by atoms with E-state index in [1.807, 2.05) is 18.3 Å². The van der Waals surface area contributed by atoms with Gasteiger partial charge in [-0.05, 0) is 91.5 Å². The van der Waals surface area contributed by atoms with Crippen LogP contribution in [-0.4, -0.2) is 15.0 Å². The number of H-pyrrole nitrogens is 1. The maximum absolute atomic E-state index is 5.27. The highest BCUT2D eigenvalue weighted by atomic mass is 14.9. The molecule has 10 aromatic rings. The zero-order chi connectivity index (χ0) is 35.1. The van der Waals surface area contributed by atoms with Crippen molar-refractivity contribution in [3.63, 3.8) is 0 Å². The number of fused-ring (bicyclic) bond motifs is 4. The highest BCUT2D eigenvalue weighted by Gasteiger charge is 2.15. The van der Waals surface area contributed by atoms with Crippen molar-refractivity contribution in [2.75, 3.05) is 0 Å². The molecule has 0 fully saturated rings. The number of aromatic nitrogens is 3. The second kappa shape index (κ2) is 12.8. The van der Waals surface area contributed by atoms with Gasteiger partial charge in [0.2, 0.25) is 0 Å². The molecule has 10 rings (SSSR count). The molecule has 0 spiro atoms. The molecule has 3 nitrogen and oxygen atoms in total. The van der Waals surface area contributed by atoms with Crippen LogP contribution in [0.5, 0.6) is 0 Å². The lowest BCUT2D eigenvalue weighted by Gasteiger charge is -2.14. The Kier molecular flexibility index (Phi) is 7.37. The second-order valence-corrected chi connectivity index (χ2v) is 13.3. The van der Waals surface area contributed by atoms with Crippen LogP contribution in [0.3, 0.4) is 0 Å². The smallest absolute Gasteiger partial charge is 0.160 e. The summed E-state index contributed by atoms with van der Waals surface area (Å²) < 4.78 is 0. The molecule has 0 aliphatic carbocycles. The molecule has 3 heteroatoms. The molecule has 0 saturated carbocycles. The largest absolute Gasteiger partial charge is 0.361 e. The van der Waals surface area contributed by atoms with Crippen LogP contribution >= 0.6 is 0 Å². The Balaban J connectivity index is 1.09. The molecule has 0 unspecified atom stereocenters. The molecule has 0 aliphatic heterocycles. The molecule has 0 atom stereocenters. The van der Waals surface area contributed by atoms with E-state index in [4.69, 9.17) is 9.97 Å². The molecular formula is C50H31N3. The Morgan fingerprint density at radius 1 is 0.377 bits per heavy atom. The molecule has 0 radical (unpaired) electrons. The Hall–Kier alpha value is -7.28.